The highest BCUT2D eigenvalue weighted by atomic mass is 32.2. The average Bonchev–Trinajstić information content (AvgIpc) is 3.43. The van der Waals surface area contributed by atoms with Crippen LogP contribution in [0.3, 0.4) is 0 Å². The van der Waals surface area contributed by atoms with Gasteiger partial charge in [0, 0.05) is 24.7 Å². The molecule has 0 aliphatic heterocycles. The molecule has 0 spiro atoms. The number of nitrogens with one attached hydrogen (secondary N) is 2. The van der Waals surface area contributed by atoms with Gasteiger partial charge in [-0.3, -0.25) is 4.79 Å². The minimum atomic E-state index is -3.50. The van der Waals surface area contributed by atoms with E-state index in [9.17, 15) is 13.2 Å². The van der Waals surface area contributed by atoms with E-state index < -0.39 is 10.0 Å². The summed E-state index contributed by atoms with van der Waals surface area (Å²) in [6.45, 7) is 3.00. The fourth-order valence-electron chi connectivity index (χ4n) is 3.14. The summed E-state index contributed by atoms with van der Waals surface area (Å²) in [7, 11) is -3.50. The van der Waals surface area contributed by atoms with E-state index >= 15 is 0 Å². The predicted molar refractivity (Wildman–Crippen MR) is 107 cm³/mol. The number of benzene rings is 2. The third kappa shape index (κ3) is 3.93. The Morgan fingerprint density at radius 1 is 1.14 bits per heavy atom. The number of sulfonamides is 1. The largest absolute Gasteiger partial charge is 0.350 e. The molecular weight excluding hydrogens is 376 g/mol. The van der Waals surface area contributed by atoms with Gasteiger partial charge >= 0.3 is 0 Å². The van der Waals surface area contributed by atoms with Gasteiger partial charge in [0.2, 0.25) is 10.0 Å². The number of carbonyl (C=O) groups is 1. The van der Waals surface area contributed by atoms with Crippen molar-refractivity contribution in [2.75, 3.05) is 6.54 Å². The molecule has 2 N–H and O–H groups in total. The second kappa shape index (κ2) is 7.37. The van der Waals surface area contributed by atoms with Crippen LogP contribution in [0.15, 0.2) is 53.4 Å². The molecule has 3 aromatic rings. The molecule has 4 rings (SSSR count). The van der Waals surface area contributed by atoms with E-state index in [2.05, 4.69) is 19.6 Å². The van der Waals surface area contributed by atoms with Crippen molar-refractivity contribution in [1.29, 1.82) is 0 Å². The number of amides is 1. The van der Waals surface area contributed by atoms with Crippen molar-refractivity contribution in [3.8, 4) is 0 Å². The molecule has 0 saturated heterocycles. The number of carbonyl (C=O) groups excluding carboxylic acids is 1. The maximum absolute atomic E-state index is 12.4. The Balaban J connectivity index is 1.38. The van der Waals surface area contributed by atoms with Gasteiger partial charge in [-0.2, -0.15) is 0 Å². The number of hydrogen-bond donors (Lipinski definition) is 2. The van der Waals surface area contributed by atoms with Crippen LogP contribution in [0.2, 0.25) is 0 Å². The van der Waals surface area contributed by atoms with Gasteiger partial charge in [0.25, 0.3) is 5.91 Å². The summed E-state index contributed by atoms with van der Waals surface area (Å²) in [6, 6.07) is 13.9. The van der Waals surface area contributed by atoms with Gasteiger partial charge in [0.15, 0.2) is 0 Å². The molecule has 8 heteroatoms. The quantitative estimate of drug-likeness (QED) is 0.638. The van der Waals surface area contributed by atoms with Crippen molar-refractivity contribution >= 4 is 27.0 Å². The Morgan fingerprint density at radius 3 is 2.57 bits per heavy atom. The topological polar surface area (TPSA) is 93.1 Å². The number of para-hydroxylation sites is 2. The monoisotopic (exact) mass is 398 g/mol. The summed E-state index contributed by atoms with van der Waals surface area (Å²) in [5.74, 6) is 0.661. The van der Waals surface area contributed by atoms with Gasteiger partial charge in [-0.15, -0.1) is 0 Å². The average molecular weight is 398 g/mol. The molecule has 2 aromatic carbocycles. The number of aryl methyl sites for hydroxylation is 1. The number of imidazole rings is 1. The summed E-state index contributed by atoms with van der Waals surface area (Å²) in [6.07, 6.45) is 1.76. The molecule has 0 atom stereocenters. The molecule has 146 valence electrons. The first-order chi connectivity index (χ1) is 13.4. The van der Waals surface area contributed by atoms with Gasteiger partial charge in [0.1, 0.15) is 5.82 Å². The van der Waals surface area contributed by atoms with E-state index in [-0.39, 0.29) is 16.8 Å². The summed E-state index contributed by atoms with van der Waals surface area (Å²) in [5, 5.41) is 2.88. The number of fused-ring (bicyclic) bond motifs is 1. The zero-order valence-corrected chi connectivity index (χ0v) is 16.4. The highest BCUT2D eigenvalue weighted by molar-refractivity contribution is 7.89. The first kappa shape index (κ1) is 18.6. The fourth-order valence-corrected chi connectivity index (χ4v) is 4.44. The Morgan fingerprint density at radius 2 is 1.86 bits per heavy atom. The minimum absolute atomic E-state index is 0.0516. The summed E-state index contributed by atoms with van der Waals surface area (Å²) in [5.41, 5.74) is 2.40. The number of hydrogen-bond acceptors (Lipinski definition) is 4. The SMILES string of the molecule is Cc1nc2ccccc2n1CCNC(=O)c1ccc(S(=O)(=O)NC2CC2)cc1. The molecule has 0 unspecified atom stereocenters. The molecule has 0 radical (unpaired) electrons. The molecule has 1 aromatic heterocycles. The van der Waals surface area contributed by atoms with Crippen LogP contribution in [-0.4, -0.2) is 36.5 Å². The van der Waals surface area contributed by atoms with Crippen LogP contribution in [0.4, 0.5) is 0 Å². The van der Waals surface area contributed by atoms with Crippen LogP contribution in [0.5, 0.6) is 0 Å². The summed E-state index contributed by atoms with van der Waals surface area (Å²) < 4.78 is 29.1. The maximum atomic E-state index is 12.4. The number of aromatic nitrogens is 2. The maximum Gasteiger partial charge on any atom is 0.251 e. The standard InChI is InChI=1S/C20H22N4O3S/c1-14-22-18-4-2-3-5-19(18)24(14)13-12-21-20(25)15-6-10-17(11-7-15)28(26,27)23-16-8-9-16/h2-7,10-11,16,23H,8-9,12-13H2,1H3,(H,21,25). The van der Waals surface area contributed by atoms with E-state index in [0.717, 1.165) is 29.7 Å². The van der Waals surface area contributed by atoms with E-state index in [1.807, 2.05) is 31.2 Å². The lowest BCUT2D eigenvalue weighted by Gasteiger charge is -2.09. The molecule has 1 fully saturated rings. The van der Waals surface area contributed by atoms with Gasteiger partial charge in [-0.05, 0) is 56.2 Å². The van der Waals surface area contributed by atoms with E-state index in [1.54, 1.807) is 0 Å². The van der Waals surface area contributed by atoms with Crippen molar-refractivity contribution < 1.29 is 13.2 Å². The molecule has 1 saturated carbocycles. The van der Waals surface area contributed by atoms with Crippen molar-refractivity contribution in [3.05, 3.63) is 59.9 Å². The first-order valence-electron chi connectivity index (χ1n) is 9.26. The van der Waals surface area contributed by atoms with Gasteiger partial charge in [0.05, 0.1) is 15.9 Å². The lowest BCUT2D eigenvalue weighted by atomic mass is 10.2. The second-order valence-electron chi connectivity index (χ2n) is 6.98. The normalized spacial score (nSPS) is 14.3. The third-order valence-electron chi connectivity index (χ3n) is 4.79. The molecule has 28 heavy (non-hydrogen) atoms. The zero-order valence-electron chi connectivity index (χ0n) is 15.6. The third-order valence-corrected chi connectivity index (χ3v) is 6.33. The highest BCUT2D eigenvalue weighted by Gasteiger charge is 2.27. The van der Waals surface area contributed by atoms with Crippen molar-refractivity contribution in [2.24, 2.45) is 0 Å². The van der Waals surface area contributed by atoms with E-state index in [1.165, 1.54) is 24.3 Å². The van der Waals surface area contributed by atoms with Crippen LogP contribution in [0, 0.1) is 6.92 Å². The van der Waals surface area contributed by atoms with Gasteiger partial charge in [-0.1, -0.05) is 12.1 Å². The first-order valence-corrected chi connectivity index (χ1v) is 10.7. The molecule has 1 heterocycles. The van der Waals surface area contributed by atoms with E-state index in [0.29, 0.717) is 18.7 Å². The second-order valence-corrected chi connectivity index (χ2v) is 8.69. The van der Waals surface area contributed by atoms with E-state index in [4.69, 9.17) is 0 Å². The Hall–Kier alpha value is -2.71. The number of nitrogens with zero attached hydrogens (tertiary/aromatic N) is 2. The highest BCUT2D eigenvalue weighted by Crippen LogP contribution is 2.22. The van der Waals surface area contributed by atoms with Crippen molar-refractivity contribution in [2.45, 2.75) is 37.2 Å². The van der Waals surface area contributed by atoms with Crippen LogP contribution >= 0.6 is 0 Å². The summed E-state index contributed by atoms with van der Waals surface area (Å²) >= 11 is 0. The lowest BCUT2D eigenvalue weighted by Crippen LogP contribution is -2.28. The molecular formula is C20H22N4O3S. The zero-order chi connectivity index (χ0) is 19.7. The number of rotatable bonds is 7. The molecule has 1 amide bonds. The lowest BCUT2D eigenvalue weighted by molar-refractivity contribution is 0.0952. The van der Waals surface area contributed by atoms with Crippen LogP contribution in [0.25, 0.3) is 11.0 Å². The Kier molecular flexibility index (Phi) is 4.91. The van der Waals surface area contributed by atoms with Gasteiger partial charge in [-0.25, -0.2) is 18.1 Å². The predicted octanol–water partition coefficient (Wildman–Crippen LogP) is 2.22. The molecule has 1 aliphatic rings. The Bertz CT molecular complexity index is 1120. The van der Waals surface area contributed by atoms with Crippen molar-refractivity contribution in [3.63, 3.8) is 0 Å². The smallest absolute Gasteiger partial charge is 0.251 e. The minimum Gasteiger partial charge on any atom is -0.350 e. The van der Waals surface area contributed by atoms with Gasteiger partial charge < -0.3 is 9.88 Å². The molecule has 1 aliphatic carbocycles. The summed E-state index contributed by atoms with van der Waals surface area (Å²) in [4.78, 5) is 17.1. The molecule has 7 nitrogen and oxygen atoms in total. The van der Waals surface area contributed by atoms with Crippen molar-refractivity contribution in [1.82, 2.24) is 19.6 Å². The molecule has 0 bridgehead atoms. The van der Waals surface area contributed by atoms with Crippen LogP contribution in [0.1, 0.15) is 29.0 Å². The Labute approximate surface area is 163 Å². The van der Waals surface area contributed by atoms with Crippen LogP contribution in [-0.2, 0) is 16.6 Å². The fraction of sp³-hybridized carbons (Fsp3) is 0.300. The van der Waals surface area contributed by atoms with Crippen LogP contribution < -0.4 is 10.0 Å².